The highest BCUT2D eigenvalue weighted by Crippen LogP contribution is 2.26. The summed E-state index contributed by atoms with van der Waals surface area (Å²) in [6.07, 6.45) is 0.848. The molecule has 0 spiro atoms. The fourth-order valence-corrected chi connectivity index (χ4v) is 2.62. The second-order valence-corrected chi connectivity index (χ2v) is 5.84. The van der Waals surface area contributed by atoms with Gasteiger partial charge < -0.3 is 15.2 Å². The van der Waals surface area contributed by atoms with Gasteiger partial charge in [0.1, 0.15) is 18.1 Å². The van der Waals surface area contributed by atoms with Crippen molar-refractivity contribution in [1.29, 1.82) is 0 Å². The fourth-order valence-electron chi connectivity index (χ4n) is 2.62. The van der Waals surface area contributed by atoms with Gasteiger partial charge in [-0.25, -0.2) is 0 Å². The second-order valence-electron chi connectivity index (χ2n) is 5.84. The molecular formula is C19H25NO2. The summed E-state index contributed by atoms with van der Waals surface area (Å²) in [5, 5.41) is 0. The van der Waals surface area contributed by atoms with Crippen molar-refractivity contribution >= 4 is 0 Å². The van der Waals surface area contributed by atoms with E-state index in [0.717, 1.165) is 34.6 Å². The molecule has 2 aromatic carbocycles. The van der Waals surface area contributed by atoms with Crippen LogP contribution in [0.4, 0.5) is 0 Å². The number of rotatable bonds is 6. The Morgan fingerprint density at radius 1 is 1.09 bits per heavy atom. The van der Waals surface area contributed by atoms with Gasteiger partial charge in [0.15, 0.2) is 0 Å². The normalized spacial score (nSPS) is 12.0. The molecule has 0 aromatic heterocycles. The molecule has 0 radical (unpaired) electrons. The Kier molecular flexibility index (Phi) is 5.45. The van der Waals surface area contributed by atoms with Crippen molar-refractivity contribution in [3.63, 3.8) is 0 Å². The number of nitrogens with two attached hydrogens (primary N) is 1. The van der Waals surface area contributed by atoms with Crippen LogP contribution in [0.1, 0.15) is 29.2 Å². The van der Waals surface area contributed by atoms with Crippen molar-refractivity contribution < 1.29 is 9.47 Å². The zero-order valence-corrected chi connectivity index (χ0v) is 13.8. The molecule has 3 nitrogen and oxygen atoms in total. The quantitative estimate of drug-likeness (QED) is 0.883. The van der Waals surface area contributed by atoms with Gasteiger partial charge in [0.2, 0.25) is 0 Å². The lowest BCUT2D eigenvalue weighted by atomic mass is 10.0. The third-order valence-electron chi connectivity index (χ3n) is 3.68. The van der Waals surface area contributed by atoms with E-state index in [1.807, 2.05) is 19.1 Å². The van der Waals surface area contributed by atoms with E-state index in [4.69, 9.17) is 15.2 Å². The van der Waals surface area contributed by atoms with Gasteiger partial charge in [-0.1, -0.05) is 24.3 Å². The highest BCUT2D eigenvalue weighted by atomic mass is 16.5. The first-order valence-corrected chi connectivity index (χ1v) is 7.61. The van der Waals surface area contributed by atoms with Crippen LogP contribution in [-0.2, 0) is 13.0 Å². The molecule has 0 heterocycles. The van der Waals surface area contributed by atoms with Crippen LogP contribution in [0.25, 0.3) is 0 Å². The monoisotopic (exact) mass is 299 g/mol. The minimum absolute atomic E-state index is 0.140. The Bertz CT molecular complexity index is 615. The van der Waals surface area contributed by atoms with Crippen LogP contribution < -0.4 is 15.2 Å². The molecule has 1 atom stereocenters. The molecule has 22 heavy (non-hydrogen) atoms. The first-order chi connectivity index (χ1) is 10.5. The molecule has 0 bridgehead atoms. The molecule has 1 unspecified atom stereocenters. The number of benzene rings is 2. The molecule has 118 valence electrons. The van der Waals surface area contributed by atoms with Gasteiger partial charge >= 0.3 is 0 Å². The van der Waals surface area contributed by atoms with E-state index in [2.05, 4.69) is 38.1 Å². The molecular weight excluding hydrogens is 274 g/mol. The number of methoxy groups -OCH3 is 1. The van der Waals surface area contributed by atoms with Gasteiger partial charge in [-0.05, 0) is 56.0 Å². The molecule has 3 heteroatoms. The summed E-state index contributed by atoms with van der Waals surface area (Å²) in [4.78, 5) is 0. The highest BCUT2D eigenvalue weighted by Gasteiger charge is 2.09. The van der Waals surface area contributed by atoms with Crippen LogP contribution in [0.3, 0.4) is 0 Å². The molecule has 0 saturated heterocycles. The summed E-state index contributed by atoms with van der Waals surface area (Å²) >= 11 is 0. The highest BCUT2D eigenvalue weighted by molar-refractivity contribution is 5.41. The van der Waals surface area contributed by atoms with Crippen LogP contribution in [0.15, 0.2) is 36.4 Å². The first kappa shape index (κ1) is 16.4. The predicted molar refractivity (Wildman–Crippen MR) is 90.6 cm³/mol. The minimum atomic E-state index is 0.140. The SMILES string of the molecule is COc1ccc(CC(C)N)cc1COc1c(C)cccc1C. The average Bonchev–Trinajstić information content (AvgIpc) is 2.46. The number of hydrogen-bond acceptors (Lipinski definition) is 3. The number of para-hydroxylation sites is 1. The lowest BCUT2D eigenvalue weighted by Gasteiger charge is -2.15. The van der Waals surface area contributed by atoms with Crippen LogP contribution >= 0.6 is 0 Å². The van der Waals surface area contributed by atoms with E-state index >= 15 is 0 Å². The van der Waals surface area contributed by atoms with Gasteiger partial charge in [-0.3, -0.25) is 0 Å². The molecule has 2 rings (SSSR count). The van der Waals surface area contributed by atoms with Crippen molar-refractivity contribution in [3.05, 3.63) is 58.7 Å². The molecule has 0 fully saturated rings. The Labute approximate surface area is 133 Å². The predicted octanol–water partition coefficient (Wildman–Crippen LogP) is 3.78. The van der Waals surface area contributed by atoms with Gasteiger partial charge in [0.25, 0.3) is 0 Å². The summed E-state index contributed by atoms with van der Waals surface area (Å²) in [5.74, 6) is 1.79. The van der Waals surface area contributed by atoms with E-state index in [9.17, 15) is 0 Å². The topological polar surface area (TPSA) is 44.5 Å². The van der Waals surface area contributed by atoms with Crippen LogP contribution in [0, 0.1) is 13.8 Å². The third kappa shape index (κ3) is 4.01. The molecule has 0 saturated carbocycles. The summed E-state index contributed by atoms with van der Waals surface area (Å²) in [5.41, 5.74) is 10.4. The van der Waals surface area contributed by atoms with Crippen molar-refractivity contribution in [2.45, 2.75) is 39.8 Å². The van der Waals surface area contributed by atoms with Gasteiger partial charge in [0.05, 0.1) is 7.11 Å². The summed E-state index contributed by atoms with van der Waals surface area (Å²) in [6, 6.07) is 12.5. The van der Waals surface area contributed by atoms with E-state index in [0.29, 0.717) is 6.61 Å². The van der Waals surface area contributed by atoms with E-state index in [1.165, 1.54) is 5.56 Å². The first-order valence-electron chi connectivity index (χ1n) is 7.61. The van der Waals surface area contributed by atoms with Crippen LogP contribution in [0.2, 0.25) is 0 Å². The largest absolute Gasteiger partial charge is 0.496 e. The Morgan fingerprint density at radius 3 is 2.36 bits per heavy atom. The van der Waals surface area contributed by atoms with Crippen LogP contribution in [-0.4, -0.2) is 13.2 Å². The standard InChI is InChI=1S/C19H25NO2/c1-13-6-5-7-14(2)19(13)22-12-17-11-16(10-15(3)20)8-9-18(17)21-4/h5-9,11,15H,10,12,20H2,1-4H3. The minimum Gasteiger partial charge on any atom is -0.496 e. The summed E-state index contributed by atoms with van der Waals surface area (Å²) < 4.78 is 11.5. The molecule has 0 aliphatic heterocycles. The molecule has 2 N–H and O–H groups in total. The smallest absolute Gasteiger partial charge is 0.125 e. The summed E-state index contributed by atoms with van der Waals surface area (Å²) in [6.45, 7) is 6.62. The van der Waals surface area contributed by atoms with Gasteiger partial charge in [-0.2, -0.15) is 0 Å². The van der Waals surface area contributed by atoms with Gasteiger partial charge in [-0.15, -0.1) is 0 Å². The second kappa shape index (κ2) is 7.32. The number of ether oxygens (including phenoxy) is 2. The maximum absolute atomic E-state index is 6.04. The molecule has 0 aliphatic carbocycles. The maximum Gasteiger partial charge on any atom is 0.125 e. The summed E-state index contributed by atoms with van der Waals surface area (Å²) in [7, 11) is 1.68. The van der Waals surface area contributed by atoms with Crippen molar-refractivity contribution in [1.82, 2.24) is 0 Å². The van der Waals surface area contributed by atoms with Crippen molar-refractivity contribution in [2.75, 3.05) is 7.11 Å². The van der Waals surface area contributed by atoms with Crippen LogP contribution in [0.5, 0.6) is 11.5 Å². The van der Waals surface area contributed by atoms with E-state index < -0.39 is 0 Å². The maximum atomic E-state index is 6.04. The number of hydrogen-bond donors (Lipinski definition) is 1. The molecule has 2 aromatic rings. The lowest BCUT2D eigenvalue weighted by molar-refractivity contribution is 0.292. The zero-order chi connectivity index (χ0) is 16.1. The number of aryl methyl sites for hydroxylation is 2. The fraction of sp³-hybridized carbons (Fsp3) is 0.368. The van der Waals surface area contributed by atoms with E-state index in [1.54, 1.807) is 7.11 Å². The average molecular weight is 299 g/mol. The Balaban J connectivity index is 2.20. The lowest BCUT2D eigenvalue weighted by Crippen LogP contribution is -2.17. The van der Waals surface area contributed by atoms with Crippen molar-refractivity contribution in [3.8, 4) is 11.5 Å². The zero-order valence-electron chi connectivity index (χ0n) is 13.8. The Morgan fingerprint density at radius 2 is 1.77 bits per heavy atom. The van der Waals surface area contributed by atoms with E-state index in [-0.39, 0.29) is 6.04 Å². The molecule has 0 amide bonds. The molecule has 0 aliphatic rings. The third-order valence-corrected chi connectivity index (χ3v) is 3.68. The van der Waals surface area contributed by atoms with Gasteiger partial charge in [0, 0.05) is 11.6 Å². The Hall–Kier alpha value is -2.00. The van der Waals surface area contributed by atoms with Crippen molar-refractivity contribution in [2.24, 2.45) is 5.73 Å².